The van der Waals surface area contributed by atoms with Crippen LogP contribution < -0.4 is 10.6 Å². The van der Waals surface area contributed by atoms with Crippen LogP contribution in [0.4, 0.5) is 9.18 Å². The molecule has 112 valence electrons. The third kappa shape index (κ3) is 5.17. The van der Waals surface area contributed by atoms with E-state index in [9.17, 15) is 9.18 Å². The number of nitrogens with one attached hydrogen (secondary N) is 2. The van der Waals surface area contributed by atoms with Gasteiger partial charge in [-0.1, -0.05) is 19.1 Å². The summed E-state index contributed by atoms with van der Waals surface area (Å²) in [6.45, 7) is 6.08. The fourth-order valence-corrected chi connectivity index (χ4v) is 1.80. The van der Waals surface area contributed by atoms with Crippen LogP contribution in [-0.2, 0) is 0 Å². The predicted octanol–water partition coefficient (Wildman–Crippen LogP) is 2.51. The van der Waals surface area contributed by atoms with E-state index in [2.05, 4.69) is 10.6 Å². The van der Waals surface area contributed by atoms with Gasteiger partial charge >= 0.3 is 6.03 Å². The number of carbonyl (C=O) groups is 1. The summed E-state index contributed by atoms with van der Waals surface area (Å²) in [5, 5.41) is 14.3. The first kappa shape index (κ1) is 16.4. The van der Waals surface area contributed by atoms with Crippen molar-refractivity contribution in [2.45, 2.75) is 33.2 Å². The second kappa shape index (κ2) is 7.85. The van der Waals surface area contributed by atoms with Crippen LogP contribution in [0.3, 0.4) is 0 Å². The van der Waals surface area contributed by atoms with E-state index in [4.69, 9.17) is 5.11 Å². The molecule has 0 fully saturated rings. The maximum atomic E-state index is 13.5. The molecule has 0 heterocycles. The van der Waals surface area contributed by atoms with Crippen LogP contribution in [-0.4, -0.2) is 24.3 Å². The Morgan fingerprint density at radius 3 is 2.70 bits per heavy atom. The van der Waals surface area contributed by atoms with E-state index in [0.29, 0.717) is 18.5 Å². The summed E-state index contributed by atoms with van der Waals surface area (Å²) in [7, 11) is 0. The summed E-state index contributed by atoms with van der Waals surface area (Å²) in [4.78, 5) is 11.7. The van der Waals surface area contributed by atoms with Gasteiger partial charge in [-0.25, -0.2) is 9.18 Å². The first-order valence-corrected chi connectivity index (χ1v) is 6.85. The van der Waals surface area contributed by atoms with Gasteiger partial charge in [0, 0.05) is 13.2 Å². The van der Waals surface area contributed by atoms with Gasteiger partial charge in [0.1, 0.15) is 5.82 Å². The Labute approximate surface area is 119 Å². The van der Waals surface area contributed by atoms with E-state index in [-0.39, 0.29) is 30.4 Å². The Balaban J connectivity index is 2.46. The van der Waals surface area contributed by atoms with Crippen molar-refractivity contribution in [1.82, 2.24) is 10.6 Å². The van der Waals surface area contributed by atoms with Gasteiger partial charge in [-0.15, -0.1) is 0 Å². The molecule has 20 heavy (non-hydrogen) atoms. The van der Waals surface area contributed by atoms with E-state index in [1.165, 1.54) is 6.07 Å². The maximum Gasteiger partial charge on any atom is 0.315 e. The third-order valence-electron chi connectivity index (χ3n) is 3.28. The average Bonchev–Trinajstić information content (AvgIpc) is 2.40. The Morgan fingerprint density at radius 1 is 1.40 bits per heavy atom. The number of hydrogen-bond acceptors (Lipinski definition) is 2. The molecule has 5 heteroatoms. The average molecular weight is 282 g/mol. The molecule has 2 amide bonds. The van der Waals surface area contributed by atoms with Crippen LogP contribution in [0, 0.1) is 18.7 Å². The largest absolute Gasteiger partial charge is 0.396 e. The molecule has 3 N–H and O–H groups in total. The predicted molar refractivity (Wildman–Crippen MR) is 77.0 cm³/mol. The molecular formula is C15H23FN2O2. The molecule has 1 rings (SSSR count). The summed E-state index contributed by atoms with van der Waals surface area (Å²) >= 11 is 0. The van der Waals surface area contributed by atoms with Crippen LogP contribution in [0.2, 0.25) is 0 Å². The molecule has 0 bridgehead atoms. The number of halogens is 1. The highest BCUT2D eigenvalue weighted by molar-refractivity contribution is 5.74. The number of aliphatic hydroxyl groups excluding tert-OH is 1. The SMILES string of the molecule is Cc1ccc(C(C)NC(=O)NCC(C)CCO)cc1F. The number of amides is 2. The van der Waals surface area contributed by atoms with Crippen LogP contribution in [0.25, 0.3) is 0 Å². The third-order valence-corrected chi connectivity index (χ3v) is 3.28. The lowest BCUT2D eigenvalue weighted by atomic mass is 10.1. The molecule has 0 aliphatic carbocycles. The second-order valence-corrected chi connectivity index (χ2v) is 5.20. The molecule has 0 aliphatic rings. The first-order chi connectivity index (χ1) is 9.43. The zero-order chi connectivity index (χ0) is 15.1. The van der Waals surface area contributed by atoms with Crippen molar-refractivity contribution in [3.05, 3.63) is 35.1 Å². The van der Waals surface area contributed by atoms with Gasteiger partial charge in [-0.2, -0.15) is 0 Å². The first-order valence-electron chi connectivity index (χ1n) is 6.85. The minimum atomic E-state index is -0.289. The van der Waals surface area contributed by atoms with Crippen LogP contribution >= 0.6 is 0 Å². The van der Waals surface area contributed by atoms with E-state index in [1.807, 2.05) is 6.92 Å². The Morgan fingerprint density at radius 2 is 2.10 bits per heavy atom. The highest BCUT2D eigenvalue weighted by atomic mass is 19.1. The number of benzene rings is 1. The van der Waals surface area contributed by atoms with Crippen molar-refractivity contribution < 1.29 is 14.3 Å². The molecule has 1 aromatic carbocycles. The van der Waals surface area contributed by atoms with E-state index in [0.717, 1.165) is 5.56 Å². The molecule has 0 aromatic heterocycles. The normalized spacial score (nSPS) is 13.7. The number of aliphatic hydroxyl groups is 1. The summed E-state index contributed by atoms with van der Waals surface area (Å²) in [5.41, 5.74) is 1.31. The molecule has 2 atom stereocenters. The lowest BCUT2D eigenvalue weighted by Gasteiger charge is -2.17. The maximum absolute atomic E-state index is 13.5. The van der Waals surface area contributed by atoms with Crippen molar-refractivity contribution in [2.24, 2.45) is 5.92 Å². The summed E-state index contributed by atoms with van der Waals surface area (Å²) < 4.78 is 13.5. The van der Waals surface area contributed by atoms with Gasteiger partial charge < -0.3 is 15.7 Å². The van der Waals surface area contributed by atoms with Gasteiger partial charge in [0.2, 0.25) is 0 Å². The fraction of sp³-hybridized carbons (Fsp3) is 0.533. The topological polar surface area (TPSA) is 61.4 Å². The minimum Gasteiger partial charge on any atom is -0.396 e. The second-order valence-electron chi connectivity index (χ2n) is 5.20. The summed E-state index contributed by atoms with van der Waals surface area (Å²) in [6, 6.07) is 4.39. The van der Waals surface area contributed by atoms with Crippen molar-refractivity contribution in [2.75, 3.05) is 13.2 Å². The standard InChI is InChI=1S/C15H23FN2O2/c1-10(6-7-19)9-17-15(20)18-12(3)13-5-4-11(2)14(16)8-13/h4-5,8,10,12,19H,6-7,9H2,1-3H3,(H2,17,18,20). The molecule has 4 nitrogen and oxygen atoms in total. The van der Waals surface area contributed by atoms with Crippen LogP contribution in [0.15, 0.2) is 18.2 Å². The van der Waals surface area contributed by atoms with E-state index < -0.39 is 0 Å². The number of hydrogen-bond donors (Lipinski definition) is 3. The van der Waals surface area contributed by atoms with Gasteiger partial charge in [-0.05, 0) is 43.4 Å². The molecule has 0 radical (unpaired) electrons. The molecule has 0 saturated heterocycles. The molecule has 0 saturated carbocycles. The van der Waals surface area contributed by atoms with Crippen LogP contribution in [0.5, 0.6) is 0 Å². The lowest BCUT2D eigenvalue weighted by Crippen LogP contribution is -2.39. The monoisotopic (exact) mass is 282 g/mol. The van der Waals surface area contributed by atoms with Gasteiger partial charge in [-0.3, -0.25) is 0 Å². The molecule has 1 aromatic rings. The molecule has 0 aliphatic heterocycles. The highest BCUT2D eigenvalue weighted by Crippen LogP contribution is 2.16. The number of rotatable bonds is 6. The highest BCUT2D eigenvalue weighted by Gasteiger charge is 2.11. The van der Waals surface area contributed by atoms with Gasteiger partial charge in [0.25, 0.3) is 0 Å². The Kier molecular flexibility index (Phi) is 6.45. The summed E-state index contributed by atoms with van der Waals surface area (Å²) in [6.07, 6.45) is 0.652. The quantitative estimate of drug-likeness (QED) is 0.751. The zero-order valence-electron chi connectivity index (χ0n) is 12.2. The number of carbonyl (C=O) groups excluding carboxylic acids is 1. The molecular weight excluding hydrogens is 259 g/mol. The molecule has 0 spiro atoms. The van der Waals surface area contributed by atoms with E-state index >= 15 is 0 Å². The van der Waals surface area contributed by atoms with Crippen molar-refractivity contribution in [3.63, 3.8) is 0 Å². The van der Waals surface area contributed by atoms with Gasteiger partial charge in [0.15, 0.2) is 0 Å². The van der Waals surface area contributed by atoms with Crippen LogP contribution in [0.1, 0.15) is 37.4 Å². The number of urea groups is 1. The van der Waals surface area contributed by atoms with Crippen molar-refractivity contribution >= 4 is 6.03 Å². The number of aryl methyl sites for hydroxylation is 1. The zero-order valence-corrected chi connectivity index (χ0v) is 12.2. The smallest absolute Gasteiger partial charge is 0.315 e. The summed E-state index contributed by atoms with van der Waals surface area (Å²) in [5.74, 6) is -0.0500. The lowest BCUT2D eigenvalue weighted by molar-refractivity contribution is 0.231. The fourth-order valence-electron chi connectivity index (χ4n) is 1.80. The van der Waals surface area contributed by atoms with Crippen molar-refractivity contribution in [1.29, 1.82) is 0 Å². The molecule has 2 unspecified atom stereocenters. The minimum absolute atomic E-state index is 0.115. The van der Waals surface area contributed by atoms with E-state index in [1.54, 1.807) is 26.0 Å². The Bertz CT molecular complexity index is 451. The van der Waals surface area contributed by atoms with Gasteiger partial charge in [0.05, 0.1) is 6.04 Å². The van der Waals surface area contributed by atoms with Crippen molar-refractivity contribution in [3.8, 4) is 0 Å². The Hall–Kier alpha value is -1.62.